The first-order valence-corrected chi connectivity index (χ1v) is 12.3. The van der Waals surface area contributed by atoms with Gasteiger partial charge in [-0.25, -0.2) is 4.98 Å². The molecule has 5 rings (SSSR count). The number of fused-ring (bicyclic) bond motifs is 1. The summed E-state index contributed by atoms with van der Waals surface area (Å²) in [5, 5.41) is 34.0. The molecule has 1 saturated carbocycles. The maximum atomic E-state index is 10.4. The molecule has 1 aromatic carbocycles. The molecular formula is C22H26ClN5O4S. The second-order valence-electron chi connectivity index (χ2n) is 8.44. The van der Waals surface area contributed by atoms with Crippen LogP contribution >= 0.6 is 23.4 Å². The molecule has 2 aromatic heterocycles. The number of imidazole rings is 1. The van der Waals surface area contributed by atoms with Gasteiger partial charge in [0.25, 0.3) is 0 Å². The first kappa shape index (κ1) is 22.8. The SMILES string of the molecule is OC[C@H]1O[C@@H](n2cnc3c(NC4CCC(Sc5ccccc5)CC4)nc(Cl)nc32)C(O)C1O. The van der Waals surface area contributed by atoms with Gasteiger partial charge >= 0.3 is 0 Å². The number of aliphatic hydroxyl groups excluding tert-OH is 3. The molecule has 0 amide bonds. The fourth-order valence-corrected chi connectivity index (χ4v) is 5.87. The molecule has 4 atom stereocenters. The summed E-state index contributed by atoms with van der Waals surface area (Å²) in [6, 6.07) is 10.7. The first-order valence-electron chi connectivity index (χ1n) is 11.0. The highest BCUT2D eigenvalue weighted by atomic mass is 35.5. The fraction of sp³-hybridized carbons (Fsp3) is 0.500. The van der Waals surface area contributed by atoms with Crippen molar-refractivity contribution in [2.75, 3.05) is 11.9 Å². The summed E-state index contributed by atoms with van der Waals surface area (Å²) in [6.45, 7) is -0.408. The molecule has 11 heteroatoms. The summed E-state index contributed by atoms with van der Waals surface area (Å²) in [5.74, 6) is 0.537. The van der Waals surface area contributed by atoms with Crippen LogP contribution in [-0.2, 0) is 4.74 Å². The van der Waals surface area contributed by atoms with E-state index in [0.717, 1.165) is 25.7 Å². The summed E-state index contributed by atoms with van der Waals surface area (Å²) < 4.78 is 7.14. The number of aromatic nitrogens is 4. The number of nitrogens with zero attached hydrogens (tertiary/aromatic N) is 4. The molecule has 2 aliphatic rings. The number of benzene rings is 1. The Morgan fingerprint density at radius 1 is 1.09 bits per heavy atom. The Bertz CT molecular complexity index is 1100. The van der Waals surface area contributed by atoms with Gasteiger partial charge in [-0.05, 0) is 49.4 Å². The van der Waals surface area contributed by atoms with Crippen LogP contribution in [0.25, 0.3) is 11.2 Å². The van der Waals surface area contributed by atoms with E-state index in [-0.39, 0.29) is 11.3 Å². The maximum absolute atomic E-state index is 10.4. The summed E-state index contributed by atoms with van der Waals surface area (Å²) in [5.41, 5.74) is 0.901. The van der Waals surface area contributed by atoms with Gasteiger partial charge in [-0.3, -0.25) is 4.57 Å². The molecule has 0 spiro atoms. The Balaban J connectivity index is 1.30. The molecule has 176 valence electrons. The third-order valence-electron chi connectivity index (χ3n) is 6.25. The zero-order chi connectivity index (χ0) is 22.9. The number of ether oxygens (including phenoxy) is 1. The lowest BCUT2D eigenvalue weighted by atomic mass is 9.95. The Hall–Kier alpha value is -1.95. The lowest BCUT2D eigenvalue weighted by Gasteiger charge is -2.29. The van der Waals surface area contributed by atoms with E-state index in [4.69, 9.17) is 16.3 Å². The number of halogens is 1. The van der Waals surface area contributed by atoms with Crippen molar-refractivity contribution in [1.82, 2.24) is 19.5 Å². The second-order valence-corrected chi connectivity index (χ2v) is 10.2. The molecule has 1 saturated heterocycles. The minimum atomic E-state index is -1.23. The number of rotatable bonds is 6. The van der Waals surface area contributed by atoms with E-state index in [1.807, 2.05) is 17.8 Å². The largest absolute Gasteiger partial charge is 0.394 e. The van der Waals surface area contributed by atoms with E-state index < -0.39 is 31.1 Å². The first-order chi connectivity index (χ1) is 16.0. The minimum absolute atomic E-state index is 0.0480. The van der Waals surface area contributed by atoms with Crippen LogP contribution in [-0.4, -0.2) is 71.0 Å². The lowest BCUT2D eigenvalue weighted by molar-refractivity contribution is -0.0511. The molecule has 9 nitrogen and oxygen atoms in total. The molecule has 0 bridgehead atoms. The van der Waals surface area contributed by atoms with Crippen molar-refractivity contribution < 1.29 is 20.1 Å². The van der Waals surface area contributed by atoms with Gasteiger partial charge in [0.2, 0.25) is 5.28 Å². The average molecular weight is 492 g/mol. The van der Waals surface area contributed by atoms with Crippen molar-refractivity contribution in [3.05, 3.63) is 41.9 Å². The van der Waals surface area contributed by atoms with Crippen molar-refractivity contribution in [3.8, 4) is 0 Å². The predicted octanol–water partition coefficient (Wildman–Crippen LogP) is 2.61. The standard InChI is InChI=1S/C22H26ClN5O4S/c23-22-26-19(25-12-6-8-14(9-7-12)33-13-4-2-1-3-5-13)16-20(27-22)28(11-24-16)21-18(31)17(30)15(10-29)32-21/h1-5,11-12,14-15,17-18,21,29-31H,6-10H2,(H,25,26,27)/t12?,14?,15-,17?,18?,21-/m1/s1. The molecule has 3 heterocycles. The summed E-state index contributed by atoms with van der Waals surface area (Å²) in [6.07, 6.45) is 1.40. The third-order valence-corrected chi connectivity index (χ3v) is 7.76. The van der Waals surface area contributed by atoms with Crippen LogP contribution in [0.15, 0.2) is 41.6 Å². The van der Waals surface area contributed by atoms with Gasteiger partial charge in [-0.15, -0.1) is 11.8 Å². The van der Waals surface area contributed by atoms with E-state index in [1.165, 1.54) is 15.8 Å². The van der Waals surface area contributed by atoms with Gasteiger partial charge in [0.15, 0.2) is 23.2 Å². The van der Waals surface area contributed by atoms with Gasteiger partial charge in [0.05, 0.1) is 12.9 Å². The van der Waals surface area contributed by atoms with Gasteiger partial charge in [-0.2, -0.15) is 9.97 Å². The molecule has 4 N–H and O–H groups in total. The third kappa shape index (κ3) is 4.68. The van der Waals surface area contributed by atoms with E-state index >= 15 is 0 Å². The van der Waals surface area contributed by atoms with E-state index in [0.29, 0.717) is 22.2 Å². The number of aliphatic hydroxyl groups is 3. The van der Waals surface area contributed by atoms with Crippen LogP contribution in [0.1, 0.15) is 31.9 Å². The Kier molecular flexibility index (Phi) is 6.73. The number of anilines is 1. The molecule has 1 aliphatic carbocycles. The topological polar surface area (TPSA) is 126 Å². The van der Waals surface area contributed by atoms with Crippen molar-refractivity contribution in [3.63, 3.8) is 0 Å². The van der Waals surface area contributed by atoms with Gasteiger partial charge < -0.3 is 25.4 Å². The second kappa shape index (κ2) is 9.73. The highest BCUT2D eigenvalue weighted by Crippen LogP contribution is 2.36. The quantitative estimate of drug-likeness (QED) is 0.385. The van der Waals surface area contributed by atoms with Crippen LogP contribution in [0.2, 0.25) is 5.28 Å². The molecule has 33 heavy (non-hydrogen) atoms. The average Bonchev–Trinajstić information content (AvgIpc) is 3.36. The van der Waals surface area contributed by atoms with Crippen LogP contribution < -0.4 is 5.32 Å². The molecular weight excluding hydrogens is 466 g/mol. The van der Waals surface area contributed by atoms with Crippen LogP contribution in [0.4, 0.5) is 5.82 Å². The predicted molar refractivity (Wildman–Crippen MR) is 125 cm³/mol. The van der Waals surface area contributed by atoms with Crippen LogP contribution in [0, 0.1) is 0 Å². The zero-order valence-corrected chi connectivity index (χ0v) is 19.4. The molecule has 0 radical (unpaired) electrons. The lowest BCUT2D eigenvalue weighted by Crippen LogP contribution is -2.33. The summed E-state index contributed by atoms with van der Waals surface area (Å²) >= 11 is 8.14. The Labute approximate surface area is 200 Å². The van der Waals surface area contributed by atoms with Crippen LogP contribution in [0.5, 0.6) is 0 Å². The van der Waals surface area contributed by atoms with E-state index in [1.54, 1.807) is 0 Å². The van der Waals surface area contributed by atoms with Gasteiger partial charge in [-0.1, -0.05) is 18.2 Å². The minimum Gasteiger partial charge on any atom is -0.394 e. The smallest absolute Gasteiger partial charge is 0.226 e. The summed E-state index contributed by atoms with van der Waals surface area (Å²) in [4.78, 5) is 14.4. The number of thioether (sulfide) groups is 1. The van der Waals surface area contributed by atoms with Crippen molar-refractivity contribution in [2.45, 2.75) is 66.4 Å². The Morgan fingerprint density at radius 3 is 2.55 bits per heavy atom. The summed E-state index contributed by atoms with van der Waals surface area (Å²) in [7, 11) is 0. The van der Waals surface area contributed by atoms with E-state index in [9.17, 15) is 15.3 Å². The highest BCUT2D eigenvalue weighted by Gasteiger charge is 2.44. The molecule has 1 aliphatic heterocycles. The molecule has 2 fully saturated rings. The van der Waals surface area contributed by atoms with E-state index in [2.05, 4.69) is 44.5 Å². The van der Waals surface area contributed by atoms with Crippen LogP contribution in [0.3, 0.4) is 0 Å². The highest BCUT2D eigenvalue weighted by molar-refractivity contribution is 8.00. The fourth-order valence-electron chi connectivity index (χ4n) is 4.50. The number of hydrogen-bond donors (Lipinski definition) is 4. The Morgan fingerprint density at radius 2 is 1.85 bits per heavy atom. The van der Waals surface area contributed by atoms with Crippen molar-refractivity contribution >= 4 is 40.3 Å². The molecule has 2 unspecified atom stereocenters. The normalized spacial score (nSPS) is 30.1. The van der Waals surface area contributed by atoms with Gasteiger partial charge in [0.1, 0.15) is 18.3 Å². The van der Waals surface area contributed by atoms with Crippen molar-refractivity contribution in [1.29, 1.82) is 0 Å². The monoisotopic (exact) mass is 491 g/mol. The number of hydrogen-bond acceptors (Lipinski definition) is 9. The maximum Gasteiger partial charge on any atom is 0.226 e. The molecule has 3 aromatic rings. The van der Waals surface area contributed by atoms with Gasteiger partial charge in [0, 0.05) is 16.2 Å². The van der Waals surface area contributed by atoms with Crippen molar-refractivity contribution in [2.24, 2.45) is 0 Å². The zero-order valence-electron chi connectivity index (χ0n) is 17.8. The number of nitrogens with one attached hydrogen (secondary N) is 1.